The Labute approximate surface area is 99.3 Å². The molecule has 0 saturated heterocycles. The first-order valence-electron chi connectivity index (χ1n) is 4.91. The first kappa shape index (κ1) is 10.8. The topological polar surface area (TPSA) is 24.4 Å². The van der Waals surface area contributed by atoms with E-state index >= 15 is 0 Å². The maximum Gasteiger partial charge on any atom is 0.104 e. The van der Waals surface area contributed by atoms with Gasteiger partial charge in [-0.2, -0.15) is 0 Å². The number of nitrogens with one attached hydrogen (secondary N) is 1. The van der Waals surface area contributed by atoms with E-state index in [2.05, 4.69) is 17.2 Å². The summed E-state index contributed by atoms with van der Waals surface area (Å²) >= 11 is 12.1. The molecule has 4 heteroatoms. The summed E-state index contributed by atoms with van der Waals surface area (Å²) in [5.41, 5.74) is 1.03. The maximum atomic E-state index is 6.13. The second kappa shape index (κ2) is 4.42. The molecule has 1 aromatic carbocycles. The van der Waals surface area contributed by atoms with Crippen LogP contribution in [0.1, 0.15) is 18.4 Å². The maximum absolute atomic E-state index is 6.13. The van der Waals surface area contributed by atoms with Gasteiger partial charge in [0.25, 0.3) is 0 Å². The second-order valence-electron chi connectivity index (χ2n) is 3.58. The zero-order chi connectivity index (χ0) is 10.8. The Balaban J connectivity index is 2.31. The smallest absolute Gasteiger partial charge is 0.104 e. The molecule has 0 aromatic heterocycles. The van der Waals surface area contributed by atoms with Crippen LogP contribution in [-0.2, 0) is 0 Å². The molecule has 2 nitrogen and oxygen atoms in total. The van der Waals surface area contributed by atoms with Crippen molar-refractivity contribution < 1.29 is 0 Å². The number of nitrogens with zero attached hydrogens (tertiary/aromatic N) is 1. The normalized spacial score (nSPS) is 17.1. The van der Waals surface area contributed by atoms with E-state index < -0.39 is 0 Å². The summed E-state index contributed by atoms with van der Waals surface area (Å²) in [5.74, 6) is 1.18. The fourth-order valence-electron chi connectivity index (χ4n) is 1.70. The summed E-state index contributed by atoms with van der Waals surface area (Å²) in [6.45, 7) is 3.84. The van der Waals surface area contributed by atoms with Crippen LogP contribution < -0.4 is 5.32 Å². The van der Waals surface area contributed by atoms with Gasteiger partial charge in [0.05, 0.1) is 6.54 Å². The lowest BCUT2D eigenvalue weighted by molar-refractivity contribution is 0.919. The highest BCUT2D eigenvalue weighted by Gasteiger charge is 2.18. The molecule has 1 heterocycles. The second-order valence-corrected chi connectivity index (χ2v) is 4.42. The summed E-state index contributed by atoms with van der Waals surface area (Å²) in [6.07, 6.45) is 0. The van der Waals surface area contributed by atoms with Crippen molar-refractivity contribution in [3.63, 3.8) is 0 Å². The van der Waals surface area contributed by atoms with Crippen molar-refractivity contribution in [3.05, 3.63) is 33.8 Å². The van der Waals surface area contributed by atoms with E-state index in [-0.39, 0.29) is 5.92 Å². The van der Waals surface area contributed by atoms with Crippen molar-refractivity contribution >= 4 is 29.0 Å². The molecular weight excluding hydrogens is 231 g/mol. The van der Waals surface area contributed by atoms with Crippen LogP contribution in [0, 0.1) is 0 Å². The molecule has 15 heavy (non-hydrogen) atoms. The molecule has 0 bridgehead atoms. The van der Waals surface area contributed by atoms with Gasteiger partial charge in [0.1, 0.15) is 5.84 Å². The molecule has 1 atom stereocenters. The first-order valence-corrected chi connectivity index (χ1v) is 5.67. The minimum absolute atomic E-state index is 0.179. The van der Waals surface area contributed by atoms with Gasteiger partial charge in [0, 0.05) is 22.5 Å². The minimum atomic E-state index is 0.179. The Kier molecular flexibility index (Phi) is 3.17. The number of benzene rings is 1. The average molecular weight is 243 g/mol. The fourth-order valence-corrected chi connectivity index (χ4v) is 2.16. The van der Waals surface area contributed by atoms with Gasteiger partial charge < -0.3 is 5.32 Å². The van der Waals surface area contributed by atoms with Crippen molar-refractivity contribution in [1.82, 2.24) is 5.32 Å². The molecule has 2 rings (SSSR count). The highest BCUT2D eigenvalue weighted by atomic mass is 35.5. The number of rotatable bonds is 2. The van der Waals surface area contributed by atoms with E-state index in [0.29, 0.717) is 5.02 Å². The quantitative estimate of drug-likeness (QED) is 0.847. The Bertz CT molecular complexity index is 402. The van der Waals surface area contributed by atoms with Crippen LogP contribution in [-0.4, -0.2) is 18.9 Å². The zero-order valence-corrected chi connectivity index (χ0v) is 9.94. The number of aliphatic imine (C=N–C) groups is 1. The van der Waals surface area contributed by atoms with E-state index in [1.165, 1.54) is 0 Å². The van der Waals surface area contributed by atoms with E-state index in [4.69, 9.17) is 23.2 Å². The summed E-state index contributed by atoms with van der Waals surface area (Å²) in [6, 6.07) is 5.52. The first-order chi connectivity index (χ1) is 7.18. The highest BCUT2D eigenvalue weighted by molar-refractivity contribution is 6.33. The van der Waals surface area contributed by atoms with Crippen molar-refractivity contribution in [1.29, 1.82) is 0 Å². The molecule has 0 spiro atoms. The molecular formula is C11H12Cl2N2. The largest absolute Gasteiger partial charge is 0.371 e. The van der Waals surface area contributed by atoms with Gasteiger partial charge in [-0.25, -0.2) is 0 Å². The van der Waals surface area contributed by atoms with Crippen molar-refractivity contribution in [2.75, 3.05) is 13.1 Å². The lowest BCUT2D eigenvalue weighted by atomic mass is 10.00. The number of amidine groups is 1. The molecule has 1 aliphatic rings. The third-order valence-corrected chi connectivity index (χ3v) is 3.11. The lowest BCUT2D eigenvalue weighted by Gasteiger charge is -2.14. The summed E-state index contributed by atoms with van der Waals surface area (Å²) in [4.78, 5) is 4.39. The Hall–Kier alpha value is -0.730. The van der Waals surface area contributed by atoms with E-state index in [1.54, 1.807) is 6.07 Å². The molecule has 0 aliphatic carbocycles. The van der Waals surface area contributed by atoms with Crippen LogP contribution in [0.2, 0.25) is 10.0 Å². The molecule has 0 fully saturated rings. The van der Waals surface area contributed by atoms with Gasteiger partial charge in [-0.15, -0.1) is 0 Å². The van der Waals surface area contributed by atoms with Crippen LogP contribution in [0.4, 0.5) is 0 Å². The van der Waals surface area contributed by atoms with E-state index in [0.717, 1.165) is 29.5 Å². The van der Waals surface area contributed by atoms with Gasteiger partial charge >= 0.3 is 0 Å². The van der Waals surface area contributed by atoms with Crippen LogP contribution in [0.15, 0.2) is 23.2 Å². The van der Waals surface area contributed by atoms with Gasteiger partial charge in [-0.3, -0.25) is 4.99 Å². The van der Waals surface area contributed by atoms with Gasteiger partial charge in [0.15, 0.2) is 0 Å². The van der Waals surface area contributed by atoms with Crippen molar-refractivity contribution in [2.24, 2.45) is 4.99 Å². The Morgan fingerprint density at radius 2 is 2.20 bits per heavy atom. The summed E-state index contributed by atoms with van der Waals surface area (Å²) < 4.78 is 0. The monoisotopic (exact) mass is 242 g/mol. The van der Waals surface area contributed by atoms with Crippen LogP contribution >= 0.6 is 23.2 Å². The predicted octanol–water partition coefficient (Wildman–Crippen LogP) is 3.10. The van der Waals surface area contributed by atoms with Gasteiger partial charge in [0.2, 0.25) is 0 Å². The van der Waals surface area contributed by atoms with E-state index in [1.807, 2.05) is 12.1 Å². The van der Waals surface area contributed by atoms with Crippen LogP contribution in [0.3, 0.4) is 0 Å². The van der Waals surface area contributed by atoms with Crippen molar-refractivity contribution in [2.45, 2.75) is 12.8 Å². The van der Waals surface area contributed by atoms with Gasteiger partial charge in [-0.1, -0.05) is 30.1 Å². The fraction of sp³-hybridized carbons (Fsp3) is 0.364. The lowest BCUT2D eigenvalue weighted by Crippen LogP contribution is -2.24. The zero-order valence-electron chi connectivity index (χ0n) is 8.43. The van der Waals surface area contributed by atoms with Crippen LogP contribution in [0.25, 0.3) is 0 Å². The highest BCUT2D eigenvalue weighted by Crippen LogP contribution is 2.28. The molecule has 1 aromatic rings. The standard InChI is InChI=1S/C11H12Cl2N2/c1-7(11-14-4-5-15-11)9-6-8(12)2-3-10(9)13/h2-3,6-7H,4-5H2,1H3,(H,14,15). The third-order valence-electron chi connectivity index (χ3n) is 2.53. The molecule has 1 N–H and O–H groups in total. The molecule has 0 amide bonds. The Morgan fingerprint density at radius 3 is 2.87 bits per heavy atom. The number of halogens is 2. The van der Waals surface area contributed by atoms with Crippen LogP contribution in [0.5, 0.6) is 0 Å². The molecule has 0 saturated carbocycles. The van der Waals surface area contributed by atoms with E-state index in [9.17, 15) is 0 Å². The van der Waals surface area contributed by atoms with Crippen molar-refractivity contribution in [3.8, 4) is 0 Å². The molecule has 1 unspecified atom stereocenters. The number of hydrogen-bond acceptors (Lipinski definition) is 2. The summed E-state index contributed by atoms with van der Waals surface area (Å²) in [5, 5.41) is 4.70. The third kappa shape index (κ3) is 2.27. The molecule has 0 radical (unpaired) electrons. The molecule has 80 valence electrons. The SMILES string of the molecule is CC(C1=NCCN1)c1cc(Cl)ccc1Cl. The minimum Gasteiger partial charge on any atom is -0.371 e. The average Bonchev–Trinajstić information content (AvgIpc) is 2.74. The predicted molar refractivity (Wildman–Crippen MR) is 65.2 cm³/mol. The number of hydrogen-bond donors (Lipinski definition) is 1. The summed E-state index contributed by atoms with van der Waals surface area (Å²) in [7, 11) is 0. The van der Waals surface area contributed by atoms with Gasteiger partial charge in [-0.05, 0) is 23.8 Å². The molecule has 1 aliphatic heterocycles. The Morgan fingerprint density at radius 1 is 1.40 bits per heavy atom.